The molecule has 0 spiro atoms. The van der Waals surface area contributed by atoms with Gasteiger partial charge in [-0.15, -0.1) is 0 Å². The molecule has 3 unspecified atom stereocenters. The van der Waals surface area contributed by atoms with Crippen molar-refractivity contribution in [1.82, 2.24) is 10.2 Å². The minimum absolute atomic E-state index is 0.411. The molecule has 2 fully saturated rings. The van der Waals surface area contributed by atoms with Crippen LogP contribution in [0.1, 0.15) is 33.6 Å². The molecule has 106 valence electrons. The van der Waals surface area contributed by atoms with E-state index in [1.165, 1.54) is 12.8 Å². The maximum atomic E-state index is 6.12. The molecule has 2 rings (SSSR count). The monoisotopic (exact) mass is 256 g/mol. The van der Waals surface area contributed by atoms with Crippen molar-refractivity contribution in [2.24, 2.45) is 0 Å². The summed E-state index contributed by atoms with van der Waals surface area (Å²) in [5, 5.41) is 3.46. The molecule has 4 nitrogen and oxygen atoms in total. The highest BCUT2D eigenvalue weighted by molar-refractivity contribution is 4.81. The maximum Gasteiger partial charge on any atom is 0.0707 e. The van der Waals surface area contributed by atoms with E-state index < -0.39 is 0 Å². The van der Waals surface area contributed by atoms with Crippen molar-refractivity contribution in [3.63, 3.8) is 0 Å². The molecular formula is C14H28N2O2. The van der Waals surface area contributed by atoms with Crippen molar-refractivity contribution >= 4 is 0 Å². The van der Waals surface area contributed by atoms with Gasteiger partial charge in [-0.05, 0) is 19.8 Å². The Kier molecular flexibility index (Phi) is 5.42. The third kappa shape index (κ3) is 4.19. The first kappa shape index (κ1) is 14.3. The molecule has 0 aromatic carbocycles. The van der Waals surface area contributed by atoms with Gasteiger partial charge in [-0.3, -0.25) is 4.90 Å². The molecule has 2 aliphatic heterocycles. The van der Waals surface area contributed by atoms with Crippen molar-refractivity contribution < 1.29 is 9.47 Å². The third-order valence-corrected chi connectivity index (χ3v) is 3.89. The summed E-state index contributed by atoms with van der Waals surface area (Å²) in [4.78, 5) is 2.51. The van der Waals surface area contributed by atoms with Gasteiger partial charge in [0.25, 0.3) is 0 Å². The molecule has 0 aromatic heterocycles. The molecule has 0 bridgehead atoms. The van der Waals surface area contributed by atoms with E-state index >= 15 is 0 Å². The zero-order valence-electron chi connectivity index (χ0n) is 12.0. The molecule has 0 aromatic rings. The molecule has 1 N–H and O–H groups in total. The van der Waals surface area contributed by atoms with Crippen LogP contribution in [0.4, 0.5) is 0 Å². The molecule has 2 heterocycles. The van der Waals surface area contributed by atoms with Crippen LogP contribution in [0.2, 0.25) is 0 Å². The van der Waals surface area contributed by atoms with Crippen molar-refractivity contribution in [3.8, 4) is 0 Å². The number of ether oxygens (including phenoxy) is 2. The summed E-state index contributed by atoms with van der Waals surface area (Å²) in [7, 11) is 0. The molecule has 3 atom stereocenters. The van der Waals surface area contributed by atoms with Crippen molar-refractivity contribution in [2.75, 3.05) is 32.8 Å². The molecule has 0 aliphatic carbocycles. The highest BCUT2D eigenvalue weighted by atomic mass is 16.5. The summed E-state index contributed by atoms with van der Waals surface area (Å²) in [6, 6.07) is 1.09. The van der Waals surface area contributed by atoms with Gasteiger partial charge in [-0.1, -0.05) is 13.8 Å². The normalized spacial score (nSPS) is 34.3. The Balaban J connectivity index is 1.68. The second-order valence-corrected chi connectivity index (χ2v) is 5.94. The SMILES string of the molecule is CC(C)NCC1CCC(CN2CCOCC2C)O1. The Labute approximate surface area is 111 Å². The minimum atomic E-state index is 0.411. The van der Waals surface area contributed by atoms with Crippen LogP contribution in [0.15, 0.2) is 0 Å². The number of nitrogens with one attached hydrogen (secondary N) is 1. The zero-order chi connectivity index (χ0) is 13.0. The van der Waals surface area contributed by atoms with E-state index in [4.69, 9.17) is 9.47 Å². The van der Waals surface area contributed by atoms with Crippen LogP contribution >= 0.6 is 0 Å². The first-order valence-corrected chi connectivity index (χ1v) is 7.35. The number of rotatable bonds is 5. The van der Waals surface area contributed by atoms with E-state index in [1.807, 2.05) is 0 Å². The van der Waals surface area contributed by atoms with Gasteiger partial charge >= 0.3 is 0 Å². The first-order valence-electron chi connectivity index (χ1n) is 7.35. The standard InChI is InChI=1S/C14H28N2O2/c1-11(2)15-8-13-4-5-14(18-13)9-16-6-7-17-10-12(16)3/h11-15H,4-10H2,1-3H3. The molecule has 18 heavy (non-hydrogen) atoms. The van der Waals surface area contributed by atoms with Crippen LogP contribution < -0.4 is 5.32 Å². The van der Waals surface area contributed by atoms with Crippen LogP contribution in [-0.4, -0.2) is 62.0 Å². The molecule has 4 heteroatoms. The maximum absolute atomic E-state index is 6.12. The van der Waals surface area contributed by atoms with Crippen molar-refractivity contribution in [2.45, 2.75) is 57.9 Å². The Morgan fingerprint density at radius 3 is 2.78 bits per heavy atom. The Hall–Kier alpha value is -0.160. The van der Waals surface area contributed by atoms with Gasteiger partial charge in [0.15, 0.2) is 0 Å². The van der Waals surface area contributed by atoms with E-state index in [2.05, 4.69) is 31.0 Å². The minimum Gasteiger partial charge on any atom is -0.379 e. The van der Waals surface area contributed by atoms with Crippen molar-refractivity contribution in [1.29, 1.82) is 0 Å². The summed E-state index contributed by atoms with van der Waals surface area (Å²) >= 11 is 0. The predicted octanol–water partition coefficient (Wildman–Crippen LogP) is 1.25. The van der Waals surface area contributed by atoms with E-state index in [9.17, 15) is 0 Å². The van der Waals surface area contributed by atoms with Gasteiger partial charge in [-0.25, -0.2) is 0 Å². The summed E-state index contributed by atoms with van der Waals surface area (Å²) in [6.07, 6.45) is 3.23. The van der Waals surface area contributed by atoms with Crippen LogP contribution in [0.3, 0.4) is 0 Å². The molecule has 0 radical (unpaired) electrons. The fourth-order valence-corrected chi connectivity index (χ4v) is 2.73. The van der Waals surface area contributed by atoms with E-state index in [1.54, 1.807) is 0 Å². The smallest absolute Gasteiger partial charge is 0.0707 e. The van der Waals surface area contributed by atoms with Crippen molar-refractivity contribution in [3.05, 3.63) is 0 Å². The average molecular weight is 256 g/mol. The number of morpholine rings is 1. The summed E-state index contributed by atoms with van der Waals surface area (Å²) in [5.41, 5.74) is 0. The predicted molar refractivity (Wildman–Crippen MR) is 72.9 cm³/mol. The van der Waals surface area contributed by atoms with E-state index in [-0.39, 0.29) is 0 Å². The average Bonchev–Trinajstić information content (AvgIpc) is 2.77. The molecule has 2 saturated heterocycles. The lowest BCUT2D eigenvalue weighted by Crippen LogP contribution is -2.47. The number of nitrogens with zero attached hydrogens (tertiary/aromatic N) is 1. The lowest BCUT2D eigenvalue weighted by atomic mass is 10.1. The van der Waals surface area contributed by atoms with Crippen LogP contribution in [-0.2, 0) is 9.47 Å². The molecule has 2 aliphatic rings. The fourth-order valence-electron chi connectivity index (χ4n) is 2.73. The van der Waals surface area contributed by atoms with Crippen LogP contribution in [0.25, 0.3) is 0 Å². The molecular weight excluding hydrogens is 228 g/mol. The second kappa shape index (κ2) is 6.85. The van der Waals surface area contributed by atoms with Gasteiger partial charge in [0.1, 0.15) is 0 Å². The quantitative estimate of drug-likeness (QED) is 0.803. The third-order valence-electron chi connectivity index (χ3n) is 3.89. The summed E-state index contributed by atoms with van der Waals surface area (Å²) in [6.45, 7) is 11.5. The van der Waals surface area contributed by atoms with E-state index in [0.717, 1.165) is 32.8 Å². The highest BCUT2D eigenvalue weighted by Crippen LogP contribution is 2.21. The van der Waals surface area contributed by atoms with Gasteiger partial charge in [-0.2, -0.15) is 0 Å². The van der Waals surface area contributed by atoms with Gasteiger partial charge in [0, 0.05) is 31.7 Å². The fraction of sp³-hybridized carbons (Fsp3) is 1.00. The molecule has 0 saturated carbocycles. The first-order chi connectivity index (χ1) is 8.65. The molecule has 0 amide bonds. The largest absolute Gasteiger partial charge is 0.379 e. The second-order valence-electron chi connectivity index (χ2n) is 5.94. The van der Waals surface area contributed by atoms with Gasteiger partial charge in [0.05, 0.1) is 25.4 Å². The summed E-state index contributed by atoms with van der Waals surface area (Å²) in [5.74, 6) is 0. The Bertz CT molecular complexity index is 248. The number of hydrogen-bond acceptors (Lipinski definition) is 4. The Morgan fingerprint density at radius 2 is 2.06 bits per heavy atom. The topological polar surface area (TPSA) is 33.7 Å². The van der Waals surface area contributed by atoms with Crippen LogP contribution in [0, 0.1) is 0 Å². The van der Waals surface area contributed by atoms with Crippen LogP contribution in [0.5, 0.6) is 0 Å². The van der Waals surface area contributed by atoms with E-state index in [0.29, 0.717) is 24.3 Å². The lowest BCUT2D eigenvalue weighted by molar-refractivity contribution is -0.0358. The zero-order valence-corrected chi connectivity index (χ0v) is 12.0. The highest BCUT2D eigenvalue weighted by Gasteiger charge is 2.29. The lowest BCUT2D eigenvalue weighted by Gasteiger charge is -2.34. The van der Waals surface area contributed by atoms with Gasteiger partial charge in [0.2, 0.25) is 0 Å². The van der Waals surface area contributed by atoms with Gasteiger partial charge < -0.3 is 14.8 Å². The Morgan fingerprint density at radius 1 is 1.28 bits per heavy atom. The summed E-state index contributed by atoms with van der Waals surface area (Å²) < 4.78 is 11.6. The number of hydrogen-bond donors (Lipinski definition) is 1.